The Morgan fingerprint density at radius 3 is 1.95 bits per heavy atom. The summed E-state index contributed by atoms with van der Waals surface area (Å²) in [5.74, 6) is 0. The third kappa shape index (κ3) is 2.29. The number of quaternary nitrogens is 1. The van der Waals surface area contributed by atoms with Crippen molar-refractivity contribution in [3.05, 3.63) is 59.7 Å². The first-order valence-corrected chi connectivity index (χ1v) is 6.86. The summed E-state index contributed by atoms with van der Waals surface area (Å²) in [4.78, 5) is 1.42. The molecule has 98 valence electrons. The van der Waals surface area contributed by atoms with Crippen LogP contribution < -0.4 is 4.90 Å². The summed E-state index contributed by atoms with van der Waals surface area (Å²) in [7, 11) is 4.31. The molecule has 0 fully saturated rings. The van der Waals surface area contributed by atoms with Gasteiger partial charge in [-0.05, 0) is 22.3 Å². The minimum Gasteiger partial charge on any atom is -0.363 e. The van der Waals surface area contributed by atoms with Gasteiger partial charge in [0.25, 0.3) is 0 Å². The second-order valence-electron chi connectivity index (χ2n) is 5.38. The Balaban J connectivity index is 1.91. The summed E-state index contributed by atoms with van der Waals surface area (Å²) in [5, 5.41) is 0. The fourth-order valence-corrected chi connectivity index (χ4v) is 2.67. The van der Waals surface area contributed by atoms with Crippen LogP contribution in [0.2, 0.25) is 0 Å². The molecule has 3 rings (SSSR count). The number of nitrogens with one attached hydrogen (secondary N) is 1. The number of likely N-dealkylation sites (N-methyl/N-ethyl adjacent to an activating group) is 1. The first-order chi connectivity index (χ1) is 9.27. The highest BCUT2D eigenvalue weighted by atomic mass is 16.5. The molecule has 0 aromatic heterocycles. The minimum atomic E-state index is 0.103. The first kappa shape index (κ1) is 12.4. The second-order valence-corrected chi connectivity index (χ2v) is 5.38. The van der Waals surface area contributed by atoms with Crippen LogP contribution in [0.4, 0.5) is 0 Å². The van der Waals surface area contributed by atoms with Crippen molar-refractivity contribution in [1.82, 2.24) is 0 Å². The molecule has 1 N–H and O–H groups in total. The van der Waals surface area contributed by atoms with Crippen LogP contribution in [-0.2, 0) is 4.74 Å². The van der Waals surface area contributed by atoms with E-state index in [1.165, 1.54) is 27.2 Å². The maximum Gasteiger partial charge on any atom is 0.109 e. The summed E-state index contributed by atoms with van der Waals surface area (Å²) in [6.45, 7) is 1.82. The molecule has 0 saturated heterocycles. The zero-order chi connectivity index (χ0) is 13.2. The van der Waals surface area contributed by atoms with Crippen molar-refractivity contribution in [3.63, 3.8) is 0 Å². The van der Waals surface area contributed by atoms with Crippen LogP contribution in [0.3, 0.4) is 0 Å². The second kappa shape index (κ2) is 5.16. The third-order valence-corrected chi connectivity index (χ3v) is 3.66. The Hall–Kier alpha value is -1.64. The quantitative estimate of drug-likeness (QED) is 0.880. The topological polar surface area (TPSA) is 13.7 Å². The van der Waals surface area contributed by atoms with Gasteiger partial charge in [0.05, 0.1) is 20.7 Å². The molecule has 2 aromatic rings. The highest BCUT2D eigenvalue weighted by Crippen LogP contribution is 2.44. The van der Waals surface area contributed by atoms with Crippen molar-refractivity contribution in [2.45, 2.75) is 6.10 Å². The average molecular weight is 254 g/mol. The number of fused-ring (bicyclic) bond motifs is 3. The van der Waals surface area contributed by atoms with E-state index in [9.17, 15) is 0 Å². The molecule has 19 heavy (non-hydrogen) atoms. The van der Waals surface area contributed by atoms with Gasteiger partial charge in [0, 0.05) is 0 Å². The van der Waals surface area contributed by atoms with Crippen LogP contribution in [0.15, 0.2) is 48.5 Å². The van der Waals surface area contributed by atoms with E-state index in [0.29, 0.717) is 0 Å². The van der Waals surface area contributed by atoms with Crippen LogP contribution in [0.1, 0.15) is 17.2 Å². The number of ether oxygens (including phenoxy) is 1. The summed E-state index contributed by atoms with van der Waals surface area (Å²) in [6, 6.07) is 17.1. The molecular formula is C17H20NO+. The van der Waals surface area contributed by atoms with Gasteiger partial charge in [0.1, 0.15) is 12.6 Å². The maximum atomic E-state index is 6.15. The largest absolute Gasteiger partial charge is 0.363 e. The van der Waals surface area contributed by atoms with Gasteiger partial charge in [-0.3, -0.25) is 0 Å². The van der Waals surface area contributed by atoms with Crippen molar-refractivity contribution in [3.8, 4) is 11.1 Å². The molecule has 0 radical (unpaired) electrons. The van der Waals surface area contributed by atoms with Gasteiger partial charge < -0.3 is 9.64 Å². The Kier molecular flexibility index (Phi) is 3.36. The van der Waals surface area contributed by atoms with Crippen LogP contribution in [0.25, 0.3) is 11.1 Å². The van der Waals surface area contributed by atoms with Gasteiger partial charge in [-0.15, -0.1) is 0 Å². The normalized spacial score (nSPS) is 13.6. The number of hydrogen-bond acceptors (Lipinski definition) is 1. The van der Waals surface area contributed by atoms with E-state index in [1.807, 2.05) is 0 Å². The molecule has 0 amide bonds. The van der Waals surface area contributed by atoms with Crippen LogP contribution >= 0.6 is 0 Å². The van der Waals surface area contributed by atoms with E-state index >= 15 is 0 Å². The molecule has 0 aliphatic heterocycles. The monoisotopic (exact) mass is 254 g/mol. The predicted molar refractivity (Wildman–Crippen MR) is 77.4 cm³/mol. The van der Waals surface area contributed by atoms with Gasteiger partial charge in [0.15, 0.2) is 0 Å². The van der Waals surface area contributed by atoms with Crippen molar-refractivity contribution < 1.29 is 9.64 Å². The zero-order valence-corrected chi connectivity index (χ0v) is 11.5. The SMILES string of the molecule is C[NH+](C)CCOC1c2ccccc2-c2ccccc21. The Morgan fingerprint density at radius 2 is 1.42 bits per heavy atom. The van der Waals surface area contributed by atoms with E-state index < -0.39 is 0 Å². The minimum absolute atomic E-state index is 0.103. The summed E-state index contributed by atoms with van der Waals surface area (Å²) in [6.07, 6.45) is 0.103. The highest BCUT2D eigenvalue weighted by molar-refractivity contribution is 5.77. The van der Waals surface area contributed by atoms with Crippen molar-refractivity contribution in [2.75, 3.05) is 27.2 Å². The first-order valence-electron chi connectivity index (χ1n) is 6.86. The summed E-state index contributed by atoms with van der Waals surface area (Å²) in [5.41, 5.74) is 5.25. The predicted octanol–water partition coefficient (Wildman–Crippen LogP) is 1.92. The fraction of sp³-hybridized carbons (Fsp3) is 0.294. The zero-order valence-electron chi connectivity index (χ0n) is 11.5. The molecule has 0 saturated carbocycles. The number of hydrogen-bond donors (Lipinski definition) is 1. The van der Waals surface area contributed by atoms with Gasteiger partial charge in [-0.1, -0.05) is 48.5 Å². The fourth-order valence-electron chi connectivity index (χ4n) is 2.67. The lowest BCUT2D eigenvalue weighted by Gasteiger charge is -2.15. The lowest BCUT2D eigenvalue weighted by Crippen LogP contribution is -3.06. The third-order valence-electron chi connectivity index (χ3n) is 3.66. The van der Waals surface area contributed by atoms with Gasteiger partial charge in [0.2, 0.25) is 0 Å². The molecule has 1 aliphatic rings. The van der Waals surface area contributed by atoms with Crippen LogP contribution in [0.5, 0.6) is 0 Å². The van der Waals surface area contributed by atoms with E-state index in [2.05, 4.69) is 62.6 Å². The highest BCUT2D eigenvalue weighted by Gasteiger charge is 2.28. The Morgan fingerprint density at radius 1 is 0.895 bits per heavy atom. The van der Waals surface area contributed by atoms with Gasteiger partial charge >= 0.3 is 0 Å². The van der Waals surface area contributed by atoms with E-state index in [1.54, 1.807) is 0 Å². The lowest BCUT2D eigenvalue weighted by atomic mass is 10.1. The van der Waals surface area contributed by atoms with Crippen LogP contribution in [-0.4, -0.2) is 27.2 Å². The number of rotatable bonds is 4. The van der Waals surface area contributed by atoms with E-state index in [0.717, 1.165) is 13.2 Å². The molecule has 2 nitrogen and oxygen atoms in total. The van der Waals surface area contributed by atoms with Crippen molar-refractivity contribution >= 4 is 0 Å². The van der Waals surface area contributed by atoms with E-state index in [4.69, 9.17) is 4.74 Å². The molecule has 0 atom stereocenters. The lowest BCUT2D eigenvalue weighted by molar-refractivity contribution is -0.858. The standard InChI is InChI=1S/C17H19NO/c1-18(2)11-12-19-17-15-9-5-3-7-13(15)14-8-4-6-10-16(14)17/h3-10,17H,11-12H2,1-2H3/p+1. The van der Waals surface area contributed by atoms with Gasteiger partial charge in [-0.2, -0.15) is 0 Å². The molecule has 2 aromatic carbocycles. The Labute approximate surface area is 114 Å². The summed E-state index contributed by atoms with van der Waals surface area (Å²) < 4.78 is 6.15. The molecule has 2 heteroatoms. The molecule has 1 aliphatic carbocycles. The molecular weight excluding hydrogens is 234 g/mol. The van der Waals surface area contributed by atoms with Crippen LogP contribution in [0, 0.1) is 0 Å². The average Bonchev–Trinajstić information content (AvgIpc) is 2.74. The summed E-state index contributed by atoms with van der Waals surface area (Å²) >= 11 is 0. The number of benzene rings is 2. The molecule has 0 heterocycles. The maximum absolute atomic E-state index is 6.15. The molecule has 0 spiro atoms. The molecule has 0 unspecified atom stereocenters. The van der Waals surface area contributed by atoms with Crippen molar-refractivity contribution in [2.24, 2.45) is 0 Å². The van der Waals surface area contributed by atoms with Gasteiger partial charge in [-0.25, -0.2) is 0 Å². The van der Waals surface area contributed by atoms with Crippen molar-refractivity contribution in [1.29, 1.82) is 0 Å². The molecule has 0 bridgehead atoms. The van der Waals surface area contributed by atoms with E-state index in [-0.39, 0.29) is 6.10 Å². The Bertz CT molecular complexity index is 531. The smallest absolute Gasteiger partial charge is 0.109 e.